The minimum Gasteiger partial charge on any atom is -0.479 e. The molecule has 30 heavy (non-hydrogen) atoms. The highest BCUT2D eigenvalue weighted by Gasteiger charge is 2.22. The Bertz CT molecular complexity index is 1060. The molecule has 0 radical (unpaired) electrons. The summed E-state index contributed by atoms with van der Waals surface area (Å²) in [6.07, 6.45) is 0. The number of amides is 2. The smallest absolute Gasteiger partial charge is 0.351 e. The zero-order valence-electron chi connectivity index (χ0n) is 16.4. The maximum absolute atomic E-state index is 12.2. The van der Waals surface area contributed by atoms with Gasteiger partial charge < -0.3 is 24.8 Å². The highest BCUT2D eigenvalue weighted by Crippen LogP contribution is 2.39. The van der Waals surface area contributed by atoms with Gasteiger partial charge in [0.2, 0.25) is 0 Å². The van der Waals surface area contributed by atoms with Gasteiger partial charge in [0.15, 0.2) is 17.2 Å². The number of hydrogen-bond acceptors (Lipinski definition) is 7. The Morgan fingerprint density at radius 3 is 2.47 bits per heavy atom. The van der Waals surface area contributed by atoms with Gasteiger partial charge in [-0.25, -0.2) is 14.4 Å². The number of hydrogen-bond donors (Lipinski definition) is 2. The minimum absolute atomic E-state index is 0.224. The van der Waals surface area contributed by atoms with E-state index < -0.39 is 11.9 Å². The van der Waals surface area contributed by atoms with Crippen LogP contribution in [0.5, 0.6) is 5.75 Å². The lowest BCUT2D eigenvalue weighted by Gasteiger charge is -2.08. The van der Waals surface area contributed by atoms with Crippen molar-refractivity contribution in [3.8, 4) is 5.75 Å². The largest absolute Gasteiger partial charge is 0.479 e. The molecule has 8 nitrogen and oxygen atoms in total. The normalized spacial score (nSPS) is 10.3. The molecule has 3 aromatic rings. The molecule has 0 saturated carbocycles. The number of rotatable bonds is 7. The summed E-state index contributed by atoms with van der Waals surface area (Å²) in [5.41, 5.74) is 1.53. The van der Waals surface area contributed by atoms with Gasteiger partial charge in [-0.3, -0.25) is 0 Å². The van der Waals surface area contributed by atoms with E-state index in [1.54, 1.807) is 18.2 Å². The summed E-state index contributed by atoms with van der Waals surface area (Å²) in [5.74, 6) is -0.906. The first kappa shape index (κ1) is 21.1. The maximum atomic E-state index is 12.2. The lowest BCUT2D eigenvalue weighted by molar-refractivity contribution is -0.142. The van der Waals surface area contributed by atoms with Crippen molar-refractivity contribution in [2.75, 3.05) is 26.1 Å². The van der Waals surface area contributed by atoms with Crippen LogP contribution in [0.2, 0.25) is 0 Å². The van der Waals surface area contributed by atoms with Gasteiger partial charge in [-0.05, 0) is 23.8 Å². The summed E-state index contributed by atoms with van der Waals surface area (Å²) in [6.45, 7) is 0.0557. The molecule has 1 heterocycles. The first-order chi connectivity index (χ1) is 14.5. The molecular formula is C21H20N2O6S. The Morgan fingerprint density at radius 2 is 1.77 bits per heavy atom. The van der Waals surface area contributed by atoms with E-state index in [4.69, 9.17) is 9.47 Å². The molecule has 0 spiro atoms. The van der Waals surface area contributed by atoms with Gasteiger partial charge in [0.25, 0.3) is 0 Å². The van der Waals surface area contributed by atoms with Crippen LogP contribution in [0.15, 0.2) is 48.5 Å². The number of fused-ring (bicyclic) bond motifs is 1. The van der Waals surface area contributed by atoms with Crippen LogP contribution in [0.3, 0.4) is 0 Å². The summed E-state index contributed by atoms with van der Waals surface area (Å²) >= 11 is 1.14. The quantitative estimate of drug-likeness (QED) is 0.558. The third-order valence-corrected chi connectivity index (χ3v) is 5.24. The fraction of sp³-hybridized carbons (Fsp3) is 0.190. The zero-order valence-corrected chi connectivity index (χ0v) is 17.2. The number of carbonyl (C=O) groups is 3. The van der Waals surface area contributed by atoms with E-state index in [0.29, 0.717) is 22.3 Å². The van der Waals surface area contributed by atoms with Crippen LogP contribution in [0.4, 0.5) is 10.5 Å². The second-order valence-corrected chi connectivity index (χ2v) is 7.17. The second kappa shape index (κ2) is 9.75. The molecule has 0 unspecified atom stereocenters. The van der Waals surface area contributed by atoms with Gasteiger partial charge in [0.1, 0.15) is 0 Å². The fourth-order valence-electron chi connectivity index (χ4n) is 2.66. The highest BCUT2D eigenvalue weighted by molar-refractivity contribution is 7.21. The van der Waals surface area contributed by atoms with E-state index in [0.717, 1.165) is 16.9 Å². The van der Waals surface area contributed by atoms with Crippen molar-refractivity contribution in [1.29, 1.82) is 0 Å². The molecule has 2 amide bonds. The van der Waals surface area contributed by atoms with Gasteiger partial charge >= 0.3 is 18.0 Å². The van der Waals surface area contributed by atoms with Crippen LogP contribution in [0.1, 0.15) is 15.2 Å². The molecule has 0 atom stereocenters. The van der Waals surface area contributed by atoms with Crippen molar-refractivity contribution in [2.45, 2.75) is 6.54 Å². The summed E-state index contributed by atoms with van der Waals surface area (Å²) in [5, 5.41) is 6.17. The molecule has 2 aromatic carbocycles. The van der Waals surface area contributed by atoms with Crippen LogP contribution in [-0.2, 0) is 20.8 Å². The fourth-order valence-corrected chi connectivity index (χ4v) is 3.77. The monoisotopic (exact) mass is 428 g/mol. The molecule has 156 valence electrons. The molecule has 0 aliphatic rings. The van der Waals surface area contributed by atoms with E-state index in [2.05, 4.69) is 15.4 Å². The van der Waals surface area contributed by atoms with Crippen molar-refractivity contribution >= 4 is 45.1 Å². The Hall–Kier alpha value is -3.59. The van der Waals surface area contributed by atoms with Crippen LogP contribution in [0, 0.1) is 0 Å². The predicted octanol–water partition coefficient (Wildman–Crippen LogP) is 3.56. The zero-order chi connectivity index (χ0) is 21.5. The molecule has 9 heteroatoms. The third kappa shape index (κ3) is 5.06. The summed E-state index contributed by atoms with van der Waals surface area (Å²) < 4.78 is 15.6. The Morgan fingerprint density at radius 1 is 1.00 bits per heavy atom. The standard InChI is InChI=1S/C21H20N2O6S/c1-27-17(24)12-29-18-15-9-8-14(10-16(15)30-19(18)20(25)28-2)23-21(26)22-11-13-6-4-3-5-7-13/h3-10H,11-12H2,1-2H3,(H2,22,23,26). The van der Waals surface area contributed by atoms with Crippen molar-refractivity contribution < 1.29 is 28.6 Å². The van der Waals surface area contributed by atoms with Gasteiger partial charge in [-0.1, -0.05) is 30.3 Å². The minimum atomic E-state index is -0.578. The number of nitrogens with one attached hydrogen (secondary N) is 2. The number of anilines is 1. The van der Waals surface area contributed by atoms with E-state index >= 15 is 0 Å². The SMILES string of the molecule is COC(=O)COc1c(C(=O)OC)sc2cc(NC(=O)NCc3ccccc3)ccc12. The third-order valence-electron chi connectivity index (χ3n) is 4.13. The van der Waals surface area contributed by atoms with E-state index in [1.807, 2.05) is 30.3 Å². The number of thiophene rings is 1. The number of urea groups is 1. The van der Waals surface area contributed by atoms with Gasteiger partial charge in [-0.15, -0.1) is 11.3 Å². The molecule has 0 fully saturated rings. The predicted molar refractivity (Wildman–Crippen MR) is 113 cm³/mol. The Labute approximate surface area is 176 Å². The first-order valence-electron chi connectivity index (χ1n) is 8.95. The van der Waals surface area contributed by atoms with Crippen LogP contribution >= 0.6 is 11.3 Å². The van der Waals surface area contributed by atoms with E-state index in [-0.39, 0.29) is 23.3 Å². The summed E-state index contributed by atoms with van der Waals surface area (Å²) in [4.78, 5) is 35.9. The summed E-state index contributed by atoms with van der Waals surface area (Å²) in [6, 6.07) is 14.3. The van der Waals surface area contributed by atoms with E-state index in [1.165, 1.54) is 14.2 Å². The number of ether oxygens (including phenoxy) is 3. The van der Waals surface area contributed by atoms with Crippen LogP contribution < -0.4 is 15.4 Å². The average molecular weight is 428 g/mol. The molecule has 0 saturated heterocycles. The lowest BCUT2D eigenvalue weighted by Crippen LogP contribution is -2.28. The molecular weight excluding hydrogens is 408 g/mol. The molecule has 0 aliphatic carbocycles. The van der Waals surface area contributed by atoms with Crippen molar-refractivity contribution in [3.63, 3.8) is 0 Å². The molecule has 3 rings (SSSR count). The first-order valence-corrected chi connectivity index (χ1v) is 9.76. The number of benzene rings is 2. The second-order valence-electron chi connectivity index (χ2n) is 6.12. The Kier molecular flexibility index (Phi) is 6.87. The van der Waals surface area contributed by atoms with Crippen LogP contribution in [-0.4, -0.2) is 38.8 Å². The molecule has 1 aromatic heterocycles. The maximum Gasteiger partial charge on any atom is 0.351 e. The number of methoxy groups -OCH3 is 2. The molecule has 0 bridgehead atoms. The topological polar surface area (TPSA) is 103 Å². The van der Waals surface area contributed by atoms with Gasteiger partial charge in [-0.2, -0.15) is 0 Å². The van der Waals surface area contributed by atoms with Gasteiger partial charge in [0, 0.05) is 22.3 Å². The molecule has 0 aliphatic heterocycles. The van der Waals surface area contributed by atoms with Crippen LogP contribution in [0.25, 0.3) is 10.1 Å². The number of esters is 2. The van der Waals surface area contributed by atoms with Crippen molar-refractivity contribution in [3.05, 3.63) is 59.0 Å². The summed E-state index contributed by atoms with van der Waals surface area (Å²) in [7, 11) is 2.51. The number of carbonyl (C=O) groups excluding carboxylic acids is 3. The lowest BCUT2D eigenvalue weighted by atomic mass is 10.2. The highest BCUT2D eigenvalue weighted by atomic mass is 32.1. The van der Waals surface area contributed by atoms with E-state index in [9.17, 15) is 14.4 Å². The van der Waals surface area contributed by atoms with Crippen molar-refractivity contribution in [2.24, 2.45) is 0 Å². The average Bonchev–Trinajstić information content (AvgIpc) is 3.13. The Balaban J connectivity index is 1.77. The van der Waals surface area contributed by atoms with Crippen molar-refractivity contribution in [1.82, 2.24) is 5.32 Å². The van der Waals surface area contributed by atoms with Gasteiger partial charge in [0.05, 0.1) is 14.2 Å². The molecule has 2 N–H and O–H groups in total.